The van der Waals surface area contributed by atoms with Crippen molar-refractivity contribution < 1.29 is 14.3 Å². The quantitative estimate of drug-likeness (QED) is 0.555. The number of pyridine rings is 1. The van der Waals surface area contributed by atoms with Gasteiger partial charge in [0.25, 0.3) is 5.56 Å². The highest BCUT2D eigenvalue weighted by molar-refractivity contribution is 5.81. The molecule has 0 unspecified atom stereocenters. The van der Waals surface area contributed by atoms with Crippen LogP contribution in [0.25, 0.3) is 10.8 Å². The lowest BCUT2D eigenvalue weighted by molar-refractivity contribution is -0.146. The molecule has 0 spiro atoms. The first-order valence-electron chi connectivity index (χ1n) is 7.54. The summed E-state index contributed by atoms with van der Waals surface area (Å²) in [5.41, 5.74) is -0.186. The van der Waals surface area contributed by atoms with E-state index in [0.29, 0.717) is 18.6 Å². The summed E-state index contributed by atoms with van der Waals surface area (Å²) in [5.74, 6) is -0.434. The van der Waals surface area contributed by atoms with E-state index in [2.05, 4.69) is 6.92 Å². The second-order valence-electron chi connectivity index (χ2n) is 5.02. The van der Waals surface area contributed by atoms with Crippen LogP contribution in [-0.2, 0) is 20.8 Å². The number of benzene rings is 1. The Balaban J connectivity index is 1.87. The van der Waals surface area contributed by atoms with Crippen LogP contribution >= 0.6 is 0 Å². The average molecular weight is 303 g/mol. The fourth-order valence-corrected chi connectivity index (χ4v) is 2.10. The van der Waals surface area contributed by atoms with E-state index in [1.807, 2.05) is 18.2 Å². The van der Waals surface area contributed by atoms with E-state index in [-0.39, 0.29) is 18.7 Å². The van der Waals surface area contributed by atoms with Crippen LogP contribution in [0.3, 0.4) is 0 Å². The van der Waals surface area contributed by atoms with Crippen LogP contribution in [0.1, 0.15) is 19.8 Å². The fourth-order valence-electron chi connectivity index (χ4n) is 2.10. The Morgan fingerprint density at radius 3 is 2.77 bits per heavy atom. The van der Waals surface area contributed by atoms with E-state index in [1.54, 1.807) is 18.3 Å². The van der Waals surface area contributed by atoms with E-state index in [4.69, 9.17) is 9.47 Å². The van der Waals surface area contributed by atoms with Crippen LogP contribution in [0, 0.1) is 0 Å². The second kappa shape index (κ2) is 8.34. The molecule has 0 atom stereocenters. The summed E-state index contributed by atoms with van der Waals surface area (Å²) in [7, 11) is 0. The van der Waals surface area contributed by atoms with Crippen molar-refractivity contribution in [1.29, 1.82) is 0 Å². The molecule has 0 fully saturated rings. The lowest BCUT2D eigenvalue weighted by Crippen LogP contribution is -2.25. The Morgan fingerprint density at radius 2 is 1.95 bits per heavy atom. The maximum Gasteiger partial charge on any atom is 0.326 e. The minimum Gasteiger partial charge on any atom is -0.462 e. The molecule has 0 aliphatic carbocycles. The van der Waals surface area contributed by atoms with E-state index in [1.165, 1.54) is 4.57 Å². The molecule has 0 saturated heterocycles. The zero-order valence-electron chi connectivity index (χ0n) is 12.8. The lowest BCUT2D eigenvalue weighted by atomic mass is 10.2. The number of nitrogens with zero attached hydrogens (tertiary/aromatic N) is 1. The van der Waals surface area contributed by atoms with Crippen LogP contribution < -0.4 is 5.56 Å². The minimum absolute atomic E-state index is 0.0847. The van der Waals surface area contributed by atoms with Crippen molar-refractivity contribution in [2.45, 2.75) is 26.3 Å². The molecule has 2 rings (SSSR count). The molecule has 1 aromatic heterocycles. The molecule has 1 heterocycles. The van der Waals surface area contributed by atoms with Gasteiger partial charge in [-0.25, -0.2) is 0 Å². The Bertz CT molecular complexity index is 678. The Kier molecular flexibility index (Phi) is 6.15. The Morgan fingerprint density at radius 1 is 1.14 bits per heavy atom. The molecule has 2 aromatic rings. The van der Waals surface area contributed by atoms with Crippen LogP contribution in [0.15, 0.2) is 41.3 Å². The third-order valence-electron chi connectivity index (χ3n) is 3.32. The minimum atomic E-state index is -0.434. The highest BCUT2D eigenvalue weighted by Gasteiger charge is 2.07. The number of hydrogen-bond donors (Lipinski definition) is 0. The number of ether oxygens (including phenoxy) is 2. The van der Waals surface area contributed by atoms with Crippen LogP contribution in [-0.4, -0.2) is 30.4 Å². The molecule has 0 radical (unpaired) electrons. The largest absolute Gasteiger partial charge is 0.462 e. The lowest BCUT2D eigenvalue weighted by Gasteiger charge is -2.08. The number of esters is 1. The average Bonchev–Trinajstić information content (AvgIpc) is 2.54. The smallest absolute Gasteiger partial charge is 0.326 e. The van der Waals surface area contributed by atoms with Gasteiger partial charge in [-0.05, 0) is 23.9 Å². The molecule has 0 amide bonds. The molecular weight excluding hydrogens is 282 g/mol. The molecule has 22 heavy (non-hydrogen) atoms. The standard InChI is InChI=1S/C17H21NO4/c1-2-3-10-21-11-12-22-16(19)13-18-9-8-14-6-4-5-7-15(14)17(18)20/h4-9H,2-3,10-13H2,1H3. The number of carbonyl (C=O) groups is 1. The summed E-state index contributed by atoms with van der Waals surface area (Å²) in [6.07, 6.45) is 3.69. The molecule has 5 heteroatoms. The highest BCUT2D eigenvalue weighted by Crippen LogP contribution is 2.07. The predicted molar refractivity (Wildman–Crippen MR) is 84.9 cm³/mol. The molecule has 0 aliphatic heterocycles. The maximum absolute atomic E-state index is 12.2. The summed E-state index contributed by atoms with van der Waals surface area (Å²) in [6, 6.07) is 9.12. The van der Waals surface area contributed by atoms with Gasteiger partial charge in [-0.15, -0.1) is 0 Å². The summed E-state index contributed by atoms with van der Waals surface area (Å²) in [4.78, 5) is 24.0. The van der Waals surface area contributed by atoms with Gasteiger partial charge in [0.05, 0.1) is 6.61 Å². The number of rotatable bonds is 8. The zero-order chi connectivity index (χ0) is 15.8. The fraction of sp³-hybridized carbons (Fsp3) is 0.412. The van der Waals surface area contributed by atoms with Gasteiger partial charge in [-0.1, -0.05) is 31.5 Å². The molecule has 1 aromatic carbocycles. The molecule has 0 N–H and O–H groups in total. The topological polar surface area (TPSA) is 57.5 Å². The SMILES string of the molecule is CCCCOCCOC(=O)Cn1ccc2ccccc2c1=O. The predicted octanol–water partition coefficient (Wildman–Crippen LogP) is 2.36. The van der Waals surface area contributed by atoms with Crippen LogP contribution in [0.2, 0.25) is 0 Å². The third-order valence-corrected chi connectivity index (χ3v) is 3.32. The highest BCUT2D eigenvalue weighted by atomic mass is 16.6. The van der Waals surface area contributed by atoms with Gasteiger partial charge in [0.15, 0.2) is 0 Å². The normalized spacial score (nSPS) is 10.8. The van der Waals surface area contributed by atoms with Crippen LogP contribution in [0.4, 0.5) is 0 Å². The number of fused-ring (bicyclic) bond motifs is 1. The van der Waals surface area contributed by atoms with Crippen molar-refractivity contribution in [3.05, 3.63) is 46.9 Å². The number of hydrogen-bond acceptors (Lipinski definition) is 4. The van der Waals surface area contributed by atoms with E-state index >= 15 is 0 Å². The Labute approximate surface area is 129 Å². The van der Waals surface area contributed by atoms with Gasteiger partial charge in [0.2, 0.25) is 0 Å². The van der Waals surface area contributed by atoms with Crippen molar-refractivity contribution >= 4 is 16.7 Å². The van der Waals surface area contributed by atoms with Crippen molar-refractivity contribution in [1.82, 2.24) is 4.57 Å². The van der Waals surface area contributed by atoms with Gasteiger partial charge in [-0.3, -0.25) is 9.59 Å². The van der Waals surface area contributed by atoms with Crippen molar-refractivity contribution in [2.75, 3.05) is 19.8 Å². The monoisotopic (exact) mass is 303 g/mol. The molecule has 0 aliphatic rings. The first-order valence-corrected chi connectivity index (χ1v) is 7.54. The zero-order valence-corrected chi connectivity index (χ0v) is 12.8. The number of carbonyl (C=O) groups excluding carboxylic acids is 1. The van der Waals surface area contributed by atoms with Gasteiger partial charge in [0, 0.05) is 18.2 Å². The van der Waals surface area contributed by atoms with Gasteiger partial charge >= 0.3 is 5.97 Å². The summed E-state index contributed by atoms with van der Waals surface area (Å²) >= 11 is 0. The van der Waals surface area contributed by atoms with Gasteiger partial charge < -0.3 is 14.0 Å². The molecule has 5 nitrogen and oxygen atoms in total. The number of unbranched alkanes of at least 4 members (excludes halogenated alkanes) is 1. The summed E-state index contributed by atoms with van der Waals surface area (Å²) in [5, 5.41) is 1.46. The molecule has 118 valence electrons. The van der Waals surface area contributed by atoms with Gasteiger partial charge in [0.1, 0.15) is 13.2 Å². The first kappa shape index (κ1) is 16.2. The summed E-state index contributed by atoms with van der Waals surface area (Å²) in [6.45, 7) is 3.28. The molecular formula is C17H21NO4. The van der Waals surface area contributed by atoms with Crippen molar-refractivity contribution in [2.24, 2.45) is 0 Å². The summed E-state index contributed by atoms with van der Waals surface area (Å²) < 4.78 is 11.7. The van der Waals surface area contributed by atoms with Crippen LogP contribution in [0.5, 0.6) is 0 Å². The maximum atomic E-state index is 12.2. The second-order valence-corrected chi connectivity index (χ2v) is 5.02. The Hall–Kier alpha value is -2.14. The third kappa shape index (κ3) is 4.43. The van der Waals surface area contributed by atoms with Crippen molar-refractivity contribution in [3.63, 3.8) is 0 Å². The van der Waals surface area contributed by atoms with E-state index < -0.39 is 5.97 Å². The van der Waals surface area contributed by atoms with Gasteiger partial charge in [-0.2, -0.15) is 0 Å². The number of aromatic nitrogens is 1. The van der Waals surface area contributed by atoms with E-state index in [9.17, 15) is 9.59 Å². The first-order chi connectivity index (χ1) is 10.7. The van der Waals surface area contributed by atoms with Crippen molar-refractivity contribution in [3.8, 4) is 0 Å². The molecule has 0 saturated carbocycles. The molecule has 0 bridgehead atoms. The van der Waals surface area contributed by atoms with E-state index in [0.717, 1.165) is 18.2 Å².